The Morgan fingerprint density at radius 2 is 2.00 bits per heavy atom. The van der Waals surface area contributed by atoms with Gasteiger partial charge in [-0.25, -0.2) is 4.79 Å². The third-order valence-corrected chi connectivity index (χ3v) is 4.30. The smallest absolute Gasteiger partial charge is 0.321 e. The first-order valence-electron chi connectivity index (χ1n) is 6.75. The molecule has 4 nitrogen and oxygen atoms in total. The first kappa shape index (κ1) is 15.4. The van der Waals surface area contributed by atoms with Gasteiger partial charge in [-0.1, -0.05) is 23.2 Å². The first-order chi connectivity index (χ1) is 9.60. The van der Waals surface area contributed by atoms with Gasteiger partial charge in [0.2, 0.25) is 0 Å². The van der Waals surface area contributed by atoms with Crippen molar-refractivity contribution in [3.05, 3.63) is 28.2 Å². The average Bonchev–Trinajstić information content (AvgIpc) is 2.44. The van der Waals surface area contributed by atoms with Crippen LogP contribution in [0.5, 0.6) is 0 Å². The number of hydrogen-bond donors (Lipinski definition) is 2. The fourth-order valence-corrected chi connectivity index (χ4v) is 2.70. The highest BCUT2D eigenvalue weighted by molar-refractivity contribution is 6.42. The number of likely N-dealkylation sites (tertiary alicyclic amines) is 1. The minimum atomic E-state index is -0.0775. The summed E-state index contributed by atoms with van der Waals surface area (Å²) in [5, 5.41) is 6.97. The molecule has 2 amide bonds. The summed E-state index contributed by atoms with van der Waals surface area (Å²) in [5.74, 6) is 0.661. The Bertz CT molecular complexity index is 473. The SMILES string of the molecule is CNCC1CCN(C(=O)Nc2ccc(Cl)c(Cl)c2)CC1. The van der Waals surface area contributed by atoms with Crippen LogP contribution in [-0.4, -0.2) is 37.6 Å². The number of nitrogens with one attached hydrogen (secondary N) is 2. The van der Waals surface area contributed by atoms with Crippen molar-refractivity contribution in [1.29, 1.82) is 0 Å². The number of halogens is 2. The van der Waals surface area contributed by atoms with Crippen LogP contribution in [-0.2, 0) is 0 Å². The molecule has 2 N–H and O–H groups in total. The zero-order valence-corrected chi connectivity index (χ0v) is 13.0. The molecule has 0 bridgehead atoms. The molecule has 1 aromatic rings. The highest BCUT2D eigenvalue weighted by Crippen LogP contribution is 2.25. The molecule has 0 aliphatic carbocycles. The quantitative estimate of drug-likeness (QED) is 0.897. The van der Waals surface area contributed by atoms with Gasteiger partial charge in [-0.3, -0.25) is 0 Å². The van der Waals surface area contributed by atoms with Crippen molar-refractivity contribution in [3.63, 3.8) is 0 Å². The predicted octanol–water partition coefficient (Wildman–Crippen LogP) is 3.46. The maximum Gasteiger partial charge on any atom is 0.321 e. The van der Waals surface area contributed by atoms with Crippen molar-refractivity contribution >= 4 is 34.9 Å². The molecule has 20 heavy (non-hydrogen) atoms. The number of rotatable bonds is 3. The van der Waals surface area contributed by atoms with Gasteiger partial charge in [0.25, 0.3) is 0 Å². The van der Waals surface area contributed by atoms with Gasteiger partial charge in [0.05, 0.1) is 10.0 Å². The lowest BCUT2D eigenvalue weighted by Gasteiger charge is -2.31. The summed E-state index contributed by atoms with van der Waals surface area (Å²) in [6.07, 6.45) is 2.07. The second kappa shape index (κ2) is 7.16. The molecule has 0 radical (unpaired) electrons. The van der Waals surface area contributed by atoms with Crippen LogP contribution in [0.1, 0.15) is 12.8 Å². The molecule has 2 rings (SSSR count). The van der Waals surface area contributed by atoms with E-state index in [1.807, 2.05) is 11.9 Å². The number of amides is 2. The molecular weight excluding hydrogens is 297 g/mol. The highest BCUT2D eigenvalue weighted by atomic mass is 35.5. The van der Waals surface area contributed by atoms with Crippen molar-refractivity contribution < 1.29 is 4.79 Å². The van der Waals surface area contributed by atoms with E-state index in [1.54, 1.807) is 18.2 Å². The molecule has 0 atom stereocenters. The number of urea groups is 1. The van der Waals surface area contributed by atoms with Crippen LogP contribution >= 0.6 is 23.2 Å². The van der Waals surface area contributed by atoms with Gasteiger partial charge in [-0.2, -0.15) is 0 Å². The normalized spacial score (nSPS) is 16.2. The van der Waals surface area contributed by atoms with E-state index in [2.05, 4.69) is 10.6 Å². The third kappa shape index (κ3) is 4.01. The monoisotopic (exact) mass is 315 g/mol. The fourth-order valence-electron chi connectivity index (χ4n) is 2.41. The van der Waals surface area contributed by atoms with Crippen LogP contribution < -0.4 is 10.6 Å². The number of carbonyl (C=O) groups is 1. The zero-order valence-electron chi connectivity index (χ0n) is 11.5. The molecule has 6 heteroatoms. The van der Waals surface area contributed by atoms with E-state index in [9.17, 15) is 4.79 Å². The second-order valence-corrected chi connectivity index (χ2v) is 5.86. The molecule has 0 aromatic heterocycles. The zero-order chi connectivity index (χ0) is 14.5. The Labute approximate surface area is 129 Å². The molecule has 0 spiro atoms. The molecule has 0 unspecified atom stereocenters. The molecule has 1 fully saturated rings. The standard InChI is InChI=1S/C14H19Cl2N3O/c1-17-9-10-4-6-19(7-5-10)14(20)18-11-2-3-12(15)13(16)8-11/h2-3,8,10,17H,4-7,9H2,1H3,(H,18,20). The van der Waals surface area contributed by atoms with Crippen LogP contribution in [0, 0.1) is 5.92 Å². The Morgan fingerprint density at radius 3 is 2.60 bits per heavy atom. The second-order valence-electron chi connectivity index (χ2n) is 5.05. The van der Waals surface area contributed by atoms with E-state index in [0.29, 0.717) is 21.7 Å². The van der Waals surface area contributed by atoms with E-state index in [-0.39, 0.29) is 6.03 Å². The van der Waals surface area contributed by atoms with Crippen LogP contribution in [0.2, 0.25) is 10.0 Å². The van der Waals surface area contributed by atoms with E-state index in [1.165, 1.54) is 0 Å². The Morgan fingerprint density at radius 1 is 1.30 bits per heavy atom. The lowest BCUT2D eigenvalue weighted by molar-refractivity contribution is 0.182. The van der Waals surface area contributed by atoms with Gasteiger partial charge in [-0.05, 0) is 50.6 Å². The molecule has 1 heterocycles. The van der Waals surface area contributed by atoms with Crippen LogP contribution in [0.3, 0.4) is 0 Å². The Balaban J connectivity index is 1.88. The molecule has 1 aliphatic rings. The first-order valence-corrected chi connectivity index (χ1v) is 7.51. The van der Waals surface area contributed by atoms with Crippen molar-refractivity contribution in [2.24, 2.45) is 5.92 Å². The maximum absolute atomic E-state index is 12.2. The minimum absolute atomic E-state index is 0.0775. The fraction of sp³-hybridized carbons (Fsp3) is 0.500. The summed E-state index contributed by atoms with van der Waals surface area (Å²) in [7, 11) is 1.96. The summed E-state index contributed by atoms with van der Waals surface area (Å²) in [5.41, 5.74) is 0.668. The molecule has 0 saturated carbocycles. The molecule has 110 valence electrons. The van der Waals surface area contributed by atoms with Gasteiger partial charge in [-0.15, -0.1) is 0 Å². The van der Waals surface area contributed by atoms with Crippen molar-refractivity contribution in [3.8, 4) is 0 Å². The predicted molar refractivity (Wildman–Crippen MR) is 83.7 cm³/mol. The summed E-state index contributed by atoms with van der Waals surface area (Å²) in [4.78, 5) is 14.0. The van der Waals surface area contributed by atoms with Crippen LogP contribution in [0.25, 0.3) is 0 Å². The lowest BCUT2D eigenvalue weighted by Crippen LogP contribution is -2.42. The summed E-state index contributed by atoms with van der Waals surface area (Å²) in [6, 6.07) is 5.01. The van der Waals surface area contributed by atoms with Gasteiger partial charge < -0.3 is 15.5 Å². The Hall–Kier alpha value is -0.970. The highest BCUT2D eigenvalue weighted by Gasteiger charge is 2.22. The number of carbonyl (C=O) groups excluding carboxylic acids is 1. The van der Waals surface area contributed by atoms with Crippen molar-refractivity contribution in [2.75, 3.05) is 32.0 Å². The topological polar surface area (TPSA) is 44.4 Å². The number of anilines is 1. The maximum atomic E-state index is 12.2. The van der Waals surface area contributed by atoms with Gasteiger partial charge >= 0.3 is 6.03 Å². The van der Waals surface area contributed by atoms with Crippen molar-refractivity contribution in [1.82, 2.24) is 10.2 Å². The van der Waals surface area contributed by atoms with Gasteiger partial charge in [0.15, 0.2) is 0 Å². The summed E-state index contributed by atoms with van der Waals surface area (Å²) >= 11 is 11.8. The van der Waals surface area contributed by atoms with E-state index < -0.39 is 0 Å². The molecular formula is C14H19Cl2N3O. The average molecular weight is 316 g/mol. The number of piperidine rings is 1. The molecule has 1 aliphatic heterocycles. The Kier molecular flexibility index (Phi) is 5.52. The molecule has 1 saturated heterocycles. The summed E-state index contributed by atoms with van der Waals surface area (Å²) < 4.78 is 0. The largest absolute Gasteiger partial charge is 0.325 e. The van der Waals surface area contributed by atoms with Gasteiger partial charge in [0, 0.05) is 18.8 Å². The summed E-state index contributed by atoms with van der Waals surface area (Å²) in [6.45, 7) is 2.60. The third-order valence-electron chi connectivity index (χ3n) is 3.57. The van der Waals surface area contributed by atoms with Crippen LogP contribution in [0.4, 0.5) is 10.5 Å². The van der Waals surface area contributed by atoms with Crippen LogP contribution in [0.15, 0.2) is 18.2 Å². The minimum Gasteiger partial charge on any atom is -0.325 e. The lowest BCUT2D eigenvalue weighted by atomic mass is 9.97. The van der Waals surface area contributed by atoms with E-state index in [0.717, 1.165) is 32.5 Å². The van der Waals surface area contributed by atoms with E-state index in [4.69, 9.17) is 23.2 Å². The van der Waals surface area contributed by atoms with Gasteiger partial charge in [0.1, 0.15) is 0 Å². The number of hydrogen-bond acceptors (Lipinski definition) is 2. The number of benzene rings is 1. The van der Waals surface area contributed by atoms with Crippen molar-refractivity contribution in [2.45, 2.75) is 12.8 Å². The molecule has 1 aromatic carbocycles. The number of nitrogens with zero attached hydrogens (tertiary/aromatic N) is 1. The van der Waals surface area contributed by atoms with E-state index >= 15 is 0 Å².